The number of amides is 1. The van der Waals surface area contributed by atoms with E-state index in [2.05, 4.69) is 26.3 Å². The number of nitrogens with two attached hydrogens (primary N) is 1. The molecule has 9 heteroatoms. The van der Waals surface area contributed by atoms with Crippen molar-refractivity contribution in [3.8, 4) is 0 Å². The van der Waals surface area contributed by atoms with Gasteiger partial charge in [0.15, 0.2) is 0 Å². The first kappa shape index (κ1) is 26.4. The van der Waals surface area contributed by atoms with E-state index in [1.165, 1.54) is 24.4 Å². The average Bonchev–Trinajstić information content (AvgIpc) is 2.84. The SMILES string of the molecule is C/C=C/C(=O)Nc1cc(C(C)Nc2ccc(NCc3cccc(F)c3)c(C=N)c2)c(NC(C)N)cn1. The molecule has 0 radical (unpaired) electrons. The molecule has 2 unspecified atom stereocenters. The lowest BCUT2D eigenvalue weighted by atomic mass is 10.1. The van der Waals surface area contributed by atoms with E-state index in [0.29, 0.717) is 17.9 Å². The largest absolute Gasteiger partial charge is 0.380 e. The summed E-state index contributed by atoms with van der Waals surface area (Å²) in [6, 6.07) is 13.7. The van der Waals surface area contributed by atoms with Crippen LogP contribution in [0.4, 0.5) is 27.3 Å². The second-order valence-corrected chi connectivity index (χ2v) is 8.37. The summed E-state index contributed by atoms with van der Waals surface area (Å²) in [5.41, 5.74) is 10.6. The Morgan fingerprint density at radius 2 is 1.94 bits per heavy atom. The highest BCUT2D eigenvalue weighted by Crippen LogP contribution is 2.29. The molecule has 36 heavy (non-hydrogen) atoms. The fraction of sp³-hybridized carbons (Fsp3) is 0.222. The minimum atomic E-state index is -0.297. The van der Waals surface area contributed by atoms with E-state index in [-0.39, 0.29) is 23.9 Å². The van der Waals surface area contributed by atoms with Crippen molar-refractivity contribution in [1.29, 1.82) is 5.41 Å². The zero-order chi connectivity index (χ0) is 26.1. The van der Waals surface area contributed by atoms with Crippen molar-refractivity contribution in [2.45, 2.75) is 39.5 Å². The third-order valence-corrected chi connectivity index (χ3v) is 5.32. The van der Waals surface area contributed by atoms with Gasteiger partial charge in [-0.15, -0.1) is 0 Å². The predicted octanol–water partition coefficient (Wildman–Crippen LogP) is 5.23. The number of hydrogen-bond acceptors (Lipinski definition) is 7. The molecule has 188 valence electrons. The third kappa shape index (κ3) is 7.38. The first-order chi connectivity index (χ1) is 17.3. The van der Waals surface area contributed by atoms with Gasteiger partial charge < -0.3 is 32.4 Å². The van der Waals surface area contributed by atoms with E-state index < -0.39 is 0 Å². The molecule has 2 atom stereocenters. The second-order valence-electron chi connectivity index (χ2n) is 8.37. The Balaban J connectivity index is 1.79. The van der Waals surface area contributed by atoms with Crippen LogP contribution in [0.15, 0.2) is 66.9 Å². The summed E-state index contributed by atoms with van der Waals surface area (Å²) in [7, 11) is 0. The zero-order valence-corrected chi connectivity index (χ0v) is 20.6. The molecule has 0 spiro atoms. The second kappa shape index (κ2) is 12.5. The van der Waals surface area contributed by atoms with Crippen LogP contribution in [-0.2, 0) is 11.3 Å². The summed E-state index contributed by atoms with van der Waals surface area (Å²) in [6.07, 6.45) is 5.71. The number of aromatic nitrogens is 1. The summed E-state index contributed by atoms with van der Waals surface area (Å²) in [6.45, 7) is 6.02. The first-order valence-corrected chi connectivity index (χ1v) is 11.6. The van der Waals surface area contributed by atoms with E-state index in [1.807, 2.05) is 38.1 Å². The van der Waals surface area contributed by atoms with Crippen LogP contribution in [0, 0.1) is 11.2 Å². The van der Waals surface area contributed by atoms with Crippen LogP contribution >= 0.6 is 0 Å². The van der Waals surface area contributed by atoms with Gasteiger partial charge in [0.05, 0.1) is 24.1 Å². The normalized spacial score (nSPS) is 12.6. The van der Waals surface area contributed by atoms with Crippen LogP contribution in [0.2, 0.25) is 0 Å². The maximum absolute atomic E-state index is 13.5. The Labute approximate surface area is 210 Å². The number of hydrogen-bond donors (Lipinski definition) is 6. The van der Waals surface area contributed by atoms with Gasteiger partial charge in [-0.05, 0) is 68.8 Å². The third-order valence-electron chi connectivity index (χ3n) is 5.32. The lowest BCUT2D eigenvalue weighted by Crippen LogP contribution is -2.26. The molecule has 0 aliphatic carbocycles. The molecule has 0 saturated heterocycles. The number of anilines is 4. The van der Waals surface area contributed by atoms with Crippen molar-refractivity contribution in [3.05, 3.63) is 89.4 Å². The van der Waals surface area contributed by atoms with Crippen LogP contribution in [0.5, 0.6) is 0 Å². The van der Waals surface area contributed by atoms with E-state index in [1.54, 1.807) is 31.3 Å². The lowest BCUT2D eigenvalue weighted by Gasteiger charge is -2.22. The Bertz CT molecular complexity index is 1240. The number of carbonyl (C=O) groups excluding carboxylic acids is 1. The van der Waals surface area contributed by atoms with Crippen molar-refractivity contribution < 1.29 is 9.18 Å². The highest BCUT2D eigenvalue weighted by atomic mass is 19.1. The van der Waals surface area contributed by atoms with Crippen molar-refractivity contribution in [3.63, 3.8) is 0 Å². The van der Waals surface area contributed by atoms with Gasteiger partial charge in [-0.1, -0.05) is 18.2 Å². The molecular weight excluding hydrogens is 457 g/mol. The molecule has 1 amide bonds. The standard InChI is InChI=1S/C27H32FN7O/c1-4-6-27(36)35-26-13-23(25(16-32-26)34-18(3)30)17(2)33-22-9-10-24(20(12-22)14-29)31-15-19-7-5-8-21(28)11-19/h4-14,16-18,29,31,33-34H,15,30H2,1-3H3,(H,32,35,36)/b6-4+,29-14?. The number of carbonyl (C=O) groups is 1. The molecule has 7 N–H and O–H groups in total. The monoisotopic (exact) mass is 489 g/mol. The van der Waals surface area contributed by atoms with E-state index in [9.17, 15) is 9.18 Å². The maximum Gasteiger partial charge on any atom is 0.249 e. The van der Waals surface area contributed by atoms with Crippen LogP contribution in [0.25, 0.3) is 0 Å². The molecule has 1 heterocycles. The molecule has 2 aromatic carbocycles. The van der Waals surface area contributed by atoms with Crippen molar-refractivity contribution >= 4 is 35.0 Å². The molecule has 3 aromatic rings. The summed E-state index contributed by atoms with van der Waals surface area (Å²) < 4.78 is 13.5. The van der Waals surface area contributed by atoms with Crippen LogP contribution in [-0.4, -0.2) is 23.3 Å². The summed E-state index contributed by atoms with van der Waals surface area (Å²) in [5, 5.41) is 20.5. The predicted molar refractivity (Wildman–Crippen MR) is 145 cm³/mol. The summed E-state index contributed by atoms with van der Waals surface area (Å²) in [4.78, 5) is 16.3. The molecule has 0 aliphatic rings. The van der Waals surface area contributed by atoms with Crippen molar-refractivity contribution in [2.75, 3.05) is 21.3 Å². The first-order valence-electron chi connectivity index (χ1n) is 11.6. The van der Waals surface area contributed by atoms with Gasteiger partial charge in [-0.3, -0.25) is 4.79 Å². The molecule has 3 rings (SSSR count). The Morgan fingerprint density at radius 3 is 2.64 bits per heavy atom. The number of benzene rings is 2. The highest BCUT2D eigenvalue weighted by molar-refractivity contribution is 5.98. The van der Waals surface area contributed by atoms with Crippen molar-refractivity contribution in [2.24, 2.45) is 5.73 Å². The van der Waals surface area contributed by atoms with Crippen molar-refractivity contribution in [1.82, 2.24) is 4.98 Å². The molecule has 0 bridgehead atoms. The molecule has 0 saturated carbocycles. The quantitative estimate of drug-likeness (QED) is 0.124. The van der Waals surface area contributed by atoms with Crippen LogP contribution in [0.3, 0.4) is 0 Å². The smallest absolute Gasteiger partial charge is 0.249 e. The minimum absolute atomic E-state index is 0.184. The number of allylic oxidation sites excluding steroid dienone is 1. The van der Waals surface area contributed by atoms with Crippen LogP contribution < -0.4 is 27.0 Å². The number of nitrogens with one attached hydrogen (secondary N) is 5. The fourth-order valence-electron chi connectivity index (χ4n) is 3.69. The molecule has 0 fully saturated rings. The molecule has 1 aromatic heterocycles. The van der Waals surface area contributed by atoms with Gasteiger partial charge in [-0.25, -0.2) is 9.37 Å². The van der Waals surface area contributed by atoms with E-state index in [4.69, 9.17) is 11.1 Å². The zero-order valence-electron chi connectivity index (χ0n) is 20.6. The Morgan fingerprint density at radius 1 is 1.14 bits per heavy atom. The summed E-state index contributed by atoms with van der Waals surface area (Å²) >= 11 is 0. The minimum Gasteiger partial charge on any atom is -0.380 e. The highest BCUT2D eigenvalue weighted by Gasteiger charge is 2.15. The van der Waals surface area contributed by atoms with Gasteiger partial charge in [0.2, 0.25) is 5.91 Å². The van der Waals surface area contributed by atoms with Gasteiger partial charge in [0, 0.05) is 35.3 Å². The Hall–Kier alpha value is -4.24. The topological polar surface area (TPSA) is 128 Å². The van der Waals surface area contributed by atoms with Gasteiger partial charge in [-0.2, -0.15) is 0 Å². The number of halogens is 1. The van der Waals surface area contributed by atoms with Crippen LogP contribution in [0.1, 0.15) is 43.5 Å². The van der Waals surface area contributed by atoms with Gasteiger partial charge in [0.1, 0.15) is 11.6 Å². The maximum atomic E-state index is 13.5. The van der Waals surface area contributed by atoms with E-state index in [0.717, 1.165) is 28.2 Å². The lowest BCUT2D eigenvalue weighted by molar-refractivity contribution is -0.111. The van der Waals surface area contributed by atoms with Gasteiger partial charge in [0.25, 0.3) is 0 Å². The molecule has 0 aliphatic heterocycles. The fourth-order valence-corrected chi connectivity index (χ4v) is 3.69. The summed E-state index contributed by atoms with van der Waals surface area (Å²) in [5.74, 6) is -0.121. The molecule has 8 nitrogen and oxygen atoms in total. The number of pyridine rings is 1. The van der Waals surface area contributed by atoms with Gasteiger partial charge >= 0.3 is 0 Å². The number of rotatable bonds is 11. The average molecular weight is 490 g/mol. The Kier molecular flexibility index (Phi) is 9.13. The molecular formula is C27H32FN7O. The van der Waals surface area contributed by atoms with E-state index >= 15 is 0 Å². The number of nitrogens with zero attached hydrogens (tertiary/aromatic N) is 1.